The molecule has 2 aromatic carbocycles. The fourth-order valence-corrected chi connectivity index (χ4v) is 6.80. The molecule has 5 aromatic rings. The van der Waals surface area contributed by atoms with Crippen molar-refractivity contribution >= 4 is 66.5 Å². The van der Waals surface area contributed by atoms with E-state index in [2.05, 4.69) is 4.72 Å². The first-order chi connectivity index (χ1) is 22.1. The lowest BCUT2D eigenvalue weighted by atomic mass is 10.2. The third kappa shape index (κ3) is 7.20. The number of nitro benzene ring substituents is 1. The van der Waals surface area contributed by atoms with Crippen molar-refractivity contribution < 1.29 is 41.9 Å². The maximum Gasteiger partial charge on any atom is 0.355 e. The van der Waals surface area contributed by atoms with Crippen LogP contribution in [0.15, 0.2) is 70.3 Å². The van der Waals surface area contributed by atoms with Crippen molar-refractivity contribution in [2.45, 2.75) is 31.5 Å². The van der Waals surface area contributed by atoms with Gasteiger partial charge >= 0.3 is 11.9 Å². The summed E-state index contributed by atoms with van der Waals surface area (Å²) in [6.07, 6.45) is 0. The first-order valence-corrected chi connectivity index (χ1v) is 16.2. The minimum Gasteiger partial charge on any atom is -0.461 e. The largest absolute Gasteiger partial charge is 0.461 e. The summed E-state index contributed by atoms with van der Waals surface area (Å²) in [5.41, 5.74) is 1.73. The first kappa shape index (κ1) is 34.1. The molecule has 1 N–H and O–H groups in total. The maximum absolute atomic E-state index is 12.6. The van der Waals surface area contributed by atoms with Crippen molar-refractivity contribution in [2.75, 3.05) is 32.2 Å². The normalized spacial score (nSPS) is 11.2. The zero-order valence-corrected chi connectivity index (χ0v) is 27.1. The van der Waals surface area contributed by atoms with Gasteiger partial charge in [-0.15, -0.1) is 11.3 Å². The van der Waals surface area contributed by atoms with Crippen molar-refractivity contribution in [1.29, 1.82) is 0 Å². The summed E-state index contributed by atoms with van der Waals surface area (Å²) in [4.78, 5) is 34.8. The molecule has 0 aliphatic rings. The number of nitrogens with zero attached hydrogens (tertiary/aromatic N) is 3. The van der Waals surface area contributed by atoms with Crippen LogP contribution in [0.1, 0.15) is 34.8 Å². The van der Waals surface area contributed by atoms with Gasteiger partial charge in [0, 0.05) is 31.1 Å². The van der Waals surface area contributed by atoms with E-state index < -0.39 is 26.9 Å². The Morgan fingerprint density at radius 1 is 0.848 bits per heavy atom. The van der Waals surface area contributed by atoms with Crippen LogP contribution < -0.4 is 4.72 Å². The van der Waals surface area contributed by atoms with Crippen molar-refractivity contribution in [1.82, 2.24) is 9.13 Å². The number of hydrogen-bond acceptors (Lipinski definition) is 11. The Hall–Kier alpha value is -4.77. The number of sulfonamides is 1. The maximum atomic E-state index is 12.6. The summed E-state index contributed by atoms with van der Waals surface area (Å²) in [5.74, 6) is -1.03. The Morgan fingerprint density at radius 2 is 1.39 bits per heavy atom. The molecule has 0 saturated heterocycles. The number of thiophene rings is 1. The van der Waals surface area contributed by atoms with Gasteiger partial charge in [0.1, 0.15) is 34.6 Å². The molecule has 0 aliphatic heterocycles. The number of nitro groups is 1. The minimum atomic E-state index is -3.72. The van der Waals surface area contributed by atoms with Gasteiger partial charge in [0.05, 0.1) is 29.3 Å². The van der Waals surface area contributed by atoms with Gasteiger partial charge in [0.2, 0.25) is 0 Å². The number of esters is 2. The predicted molar refractivity (Wildman–Crippen MR) is 172 cm³/mol. The van der Waals surface area contributed by atoms with E-state index in [1.807, 2.05) is 0 Å². The molecule has 14 nitrogen and oxygen atoms in total. The summed E-state index contributed by atoms with van der Waals surface area (Å²) < 4.78 is 51.3. The summed E-state index contributed by atoms with van der Waals surface area (Å²) in [7, 11) is -0.763. The average molecular weight is 673 g/mol. The van der Waals surface area contributed by atoms with Crippen molar-refractivity contribution in [3.63, 3.8) is 0 Å². The molecule has 16 heteroatoms. The number of para-hydroxylation sites is 2. The quantitative estimate of drug-likeness (QED) is 0.0998. The van der Waals surface area contributed by atoms with E-state index in [9.17, 15) is 28.1 Å². The van der Waals surface area contributed by atoms with E-state index in [-0.39, 0.29) is 42.3 Å². The Labute approximate surface area is 268 Å². The number of benzene rings is 2. The molecular formula is C30H32N4O10S2. The van der Waals surface area contributed by atoms with Crippen molar-refractivity contribution in [3.05, 3.63) is 87.5 Å². The molecule has 3 heterocycles. The van der Waals surface area contributed by atoms with Gasteiger partial charge in [-0.05, 0) is 43.5 Å². The van der Waals surface area contributed by atoms with E-state index in [1.54, 1.807) is 72.3 Å². The van der Waals surface area contributed by atoms with Crippen LogP contribution >= 0.6 is 11.3 Å². The molecule has 0 fully saturated rings. The van der Waals surface area contributed by atoms with E-state index in [0.717, 1.165) is 11.3 Å². The third-order valence-electron chi connectivity index (χ3n) is 6.51. The third-order valence-corrected chi connectivity index (χ3v) is 9.27. The summed E-state index contributed by atoms with van der Waals surface area (Å²) in [5, 5.41) is 14.1. The zero-order valence-electron chi connectivity index (χ0n) is 25.4. The molecule has 3 aromatic heterocycles. The van der Waals surface area contributed by atoms with Gasteiger partial charge in [-0.3, -0.25) is 14.8 Å². The second kappa shape index (κ2) is 15.0. The molecule has 5 rings (SSSR count). The lowest BCUT2D eigenvalue weighted by Gasteiger charge is -2.13. The summed E-state index contributed by atoms with van der Waals surface area (Å²) in [6.45, 7) is 4.00. The second-order valence-corrected chi connectivity index (χ2v) is 12.3. The highest BCUT2D eigenvalue weighted by Crippen LogP contribution is 2.31. The van der Waals surface area contributed by atoms with Crippen LogP contribution in [-0.2, 0) is 42.4 Å². The predicted octanol–water partition coefficient (Wildman–Crippen LogP) is 5.61. The fraction of sp³-hybridized carbons (Fsp3) is 0.267. The first-order valence-electron chi connectivity index (χ1n) is 13.8. The second-order valence-electron chi connectivity index (χ2n) is 9.44. The van der Waals surface area contributed by atoms with Gasteiger partial charge in [-0.2, -0.15) is 0 Å². The molecule has 0 bridgehead atoms. The molecule has 0 saturated carbocycles. The molecule has 244 valence electrons. The monoisotopic (exact) mass is 672 g/mol. The van der Waals surface area contributed by atoms with Crippen LogP contribution in [0.25, 0.3) is 21.8 Å². The molecule has 0 spiro atoms. The lowest BCUT2D eigenvalue weighted by molar-refractivity contribution is -0.383. The highest BCUT2D eigenvalue weighted by molar-refractivity contribution is 7.94. The standard InChI is InChI=1S/C17H18N2O5S2.C13H14N2O5/c1-3-24-17(20)14-10-12-6-4-7-13(16(12)19(14)11-23-2)18-26(21,22)15-8-5-9-25-15;1-3-20-13(16)11-7-9-5-4-6-10(15(17)18)12(9)14(11)8-19-2/h4-10,18H,3,11H2,1-2H3;4-7H,3,8H2,1-2H3. The van der Waals surface area contributed by atoms with Gasteiger partial charge < -0.3 is 28.1 Å². The van der Waals surface area contributed by atoms with Crippen molar-refractivity contribution in [2.24, 2.45) is 0 Å². The number of anilines is 1. The van der Waals surface area contributed by atoms with Gasteiger partial charge in [0.15, 0.2) is 0 Å². The smallest absolute Gasteiger partial charge is 0.355 e. The Balaban J connectivity index is 0.000000216. The zero-order chi connectivity index (χ0) is 33.4. The molecular weight excluding hydrogens is 640 g/mol. The van der Waals surface area contributed by atoms with Crippen LogP contribution in [0.4, 0.5) is 11.4 Å². The van der Waals surface area contributed by atoms with E-state index in [1.165, 1.54) is 30.9 Å². The van der Waals surface area contributed by atoms with Crippen molar-refractivity contribution in [3.8, 4) is 0 Å². The summed E-state index contributed by atoms with van der Waals surface area (Å²) in [6, 6.07) is 16.3. The number of fused-ring (bicyclic) bond motifs is 2. The number of carbonyl (C=O) groups excluding carboxylic acids is 2. The van der Waals surface area contributed by atoms with Crippen LogP contribution in [0.5, 0.6) is 0 Å². The van der Waals surface area contributed by atoms with Crippen LogP contribution in [-0.4, -0.2) is 61.8 Å². The highest BCUT2D eigenvalue weighted by Gasteiger charge is 2.24. The van der Waals surface area contributed by atoms with Crippen LogP contribution in [0.2, 0.25) is 0 Å². The van der Waals surface area contributed by atoms with Crippen LogP contribution in [0.3, 0.4) is 0 Å². The highest BCUT2D eigenvalue weighted by atomic mass is 32.2. The van der Waals surface area contributed by atoms with Gasteiger partial charge in [0.25, 0.3) is 15.7 Å². The number of hydrogen-bond donors (Lipinski definition) is 1. The number of carbonyl (C=O) groups is 2. The number of nitrogens with one attached hydrogen (secondary N) is 1. The number of non-ortho nitro benzene ring substituents is 1. The average Bonchev–Trinajstić information content (AvgIpc) is 3.77. The van der Waals surface area contributed by atoms with E-state index in [4.69, 9.17) is 18.9 Å². The number of aromatic nitrogens is 2. The van der Waals surface area contributed by atoms with E-state index in [0.29, 0.717) is 33.2 Å². The summed E-state index contributed by atoms with van der Waals surface area (Å²) >= 11 is 1.13. The number of methoxy groups -OCH3 is 2. The topological polar surface area (TPSA) is 170 Å². The molecule has 0 unspecified atom stereocenters. The number of rotatable bonds is 12. The van der Waals surface area contributed by atoms with Gasteiger partial charge in [-0.25, -0.2) is 18.0 Å². The fourth-order valence-electron chi connectivity index (χ4n) is 4.75. The van der Waals surface area contributed by atoms with E-state index >= 15 is 0 Å². The Bertz CT molecular complexity index is 1960. The molecule has 0 aliphatic carbocycles. The molecule has 0 radical (unpaired) electrons. The molecule has 0 atom stereocenters. The lowest BCUT2D eigenvalue weighted by Crippen LogP contribution is -2.15. The Kier molecular flexibility index (Phi) is 11.1. The van der Waals surface area contributed by atoms with Crippen LogP contribution in [0, 0.1) is 10.1 Å². The SMILES string of the molecule is CCOC(=O)c1cc2cccc(NS(=O)(=O)c3cccs3)c2n1COC.CCOC(=O)c1cc2cccc([N+](=O)[O-])c2n1COC. The minimum absolute atomic E-state index is 0.0303. The number of ether oxygens (including phenoxy) is 4. The molecule has 46 heavy (non-hydrogen) atoms. The molecule has 0 amide bonds. The van der Waals surface area contributed by atoms with Gasteiger partial charge in [-0.1, -0.05) is 30.3 Å². The Morgan fingerprint density at radius 3 is 1.89 bits per heavy atom.